The number of nitrogens with one attached hydrogen (secondary N) is 2. The third kappa shape index (κ3) is 6.32. The second-order valence-corrected chi connectivity index (χ2v) is 8.41. The molecular formula is C12H26N4O2S2. The summed E-state index contributed by atoms with van der Waals surface area (Å²) in [5.74, 6) is 3.07. The smallest absolute Gasteiger partial charge is 0.215 e. The molecule has 8 heteroatoms. The summed E-state index contributed by atoms with van der Waals surface area (Å²) in [7, 11) is -1.46. The largest absolute Gasteiger partial charge is 0.356 e. The number of hydrogen-bond donors (Lipinski definition) is 2. The second-order valence-electron chi connectivity index (χ2n) is 5.10. The molecule has 1 heterocycles. The lowest BCUT2D eigenvalue weighted by atomic mass is 10.2. The van der Waals surface area contributed by atoms with E-state index in [-0.39, 0.29) is 5.75 Å². The van der Waals surface area contributed by atoms with Gasteiger partial charge in [0, 0.05) is 44.7 Å². The minimum absolute atomic E-state index is 0.111. The fourth-order valence-corrected chi connectivity index (χ4v) is 4.27. The van der Waals surface area contributed by atoms with Crippen LogP contribution in [0.15, 0.2) is 4.99 Å². The molecule has 6 nitrogen and oxygen atoms in total. The van der Waals surface area contributed by atoms with Gasteiger partial charge >= 0.3 is 0 Å². The number of rotatable bonds is 6. The molecular weight excluding hydrogens is 296 g/mol. The monoisotopic (exact) mass is 322 g/mol. The zero-order valence-corrected chi connectivity index (χ0v) is 14.2. The molecule has 1 fully saturated rings. The molecule has 0 unspecified atom stereocenters. The molecule has 1 rings (SSSR count). The van der Waals surface area contributed by atoms with E-state index in [2.05, 4.69) is 29.5 Å². The van der Waals surface area contributed by atoms with E-state index in [9.17, 15) is 8.42 Å². The molecule has 0 spiro atoms. The Morgan fingerprint density at radius 2 is 1.95 bits per heavy atom. The molecule has 0 radical (unpaired) electrons. The van der Waals surface area contributed by atoms with E-state index in [0.717, 1.165) is 18.1 Å². The zero-order valence-electron chi connectivity index (χ0n) is 12.6. The van der Waals surface area contributed by atoms with E-state index in [4.69, 9.17) is 0 Å². The molecule has 0 bridgehead atoms. The summed E-state index contributed by atoms with van der Waals surface area (Å²) in [6.45, 7) is 6.68. The van der Waals surface area contributed by atoms with Crippen molar-refractivity contribution in [3.05, 3.63) is 0 Å². The van der Waals surface area contributed by atoms with Crippen molar-refractivity contribution in [2.24, 2.45) is 10.9 Å². The third-order valence-corrected chi connectivity index (χ3v) is 5.73. The molecule has 1 saturated heterocycles. The average Bonchev–Trinajstić information content (AvgIpc) is 2.43. The van der Waals surface area contributed by atoms with Crippen molar-refractivity contribution >= 4 is 27.7 Å². The van der Waals surface area contributed by atoms with Gasteiger partial charge in [-0.05, 0) is 5.92 Å². The summed E-state index contributed by atoms with van der Waals surface area (Å²) in [6.07, 6.45) is 0. The van der Waals surface area contributed by atoms with Crippen LogP contribution in [0.1, 0.15) is 13.8 Å². The van der Waals surface area contributed by atoms with Crippen molar-refractivity contribution in [2.45, 2.75) is 13.8 Å². The summed E-state index contributed by atoms with van der Waals surface area (Å²) in [5.41, 5.74) is 0. The van der Waals surface area contributed by atoms with Gasteiger partial charge in [0.05, 0.1) is 5.75 Å². The molecule has 0 aromatic heterocycles. The van der Waals surface area contributed by atoms with Crippen LogP contribution in [0.2, 0.25) is 0 Å². The topological polar surface area (TPSA) is 73.8 Å². The quantitative estimate of drug-likeness (QED) is 0.539. The molecule has 0 atom stereocenters. The molecule has 0 saturated carbocycles. The van der Waals surface area contributed by atoms with Crippen molar-refractivity contribution in [3.8, 4) is 0 Å². The Morgan fingerprint density at radius 1 is 1.30 bits per heavy atom. The van der Waals surface area contributed by atoms with Crippen molar-refractivity contribution in [3.63, 3.8) is 0 Å². The summed E-state index contributed by atoms with van der Waals surface area (Å²) >= 11 is 1.81. The highest BCUT2D eigenvalue weighted by molar-refractivity contribution is 7.99. The van der Waals surface area contributed by atoms with Crippen molar-refractivity contribution < 1.29 is 8.42 Å². The van der Waals surface area contributed by atoms with Gasteiger partial charge in [-0.15, -0.1) is 0 Å². The summed E-state index contributed by atoms with van der Waals surface area (Å²) in [4.78, 5) is 4.07. The Labute approximate surface area is 126 Å². The van der Waals surface area contributed by atoms with Crippen molar-refractivity contribution in [1.82, 2.24) is 14.9 Å². The van der Waals surface area contributed by atoms with Crippen LogP contribution in [0.5, 0.6) is 0 Å². The van der Waals surface area contributed by atoms with E-state index in [1.54, 1.807) is 23.1 Å². The fourth-order valence-electron chi connectivity index (χ4n) is 1.77. The SMILES string of the molecule is CN=C(NCCS(=O)(=O)N1CCSCC1)NCC(C)C. The fraction of sp³-hybridized carbons (Fsp3) is 0.917. The predicted octanol–water partition coefficient (Wildman–Crippen LogP) is 0.186. The number of aliphatic imine (C=N–C) groups is 1. The number of sulfonamides is 1. The van der Waals surface area contributed by atoms with Gasteiger partial charge < -0.3 is 10.6 Å². The van der Waals surface area contributed by atoms with E-state index < -0.39 is 10.0 Å². The van der Waals surface area contributed by atoms with Gasteiger partial charge in [-0.25, -0.2) is 12.7 Å². The summed E-state index contributed by atoms with van der Waals surface area (Å²) in [5, 5.41) is 6.21. The zero-order chi connectivity index (χ0) is 15.0. The third-order valence-electron chi connectivity index (χ3n) is 2.92. The highest BCUT2D eigenvalue weighted by Crippen LogP contribution is 2.12. The Kier molecular flexibility index (Phi) is 7.68. The molecule has 0 aromatic carbocycles. The average molecular weight is 322 g/mol. The van der Waals surface area contributed by atoms with Gasteiger partial charge in [-0.2, -0.15) is 11.8 Å². The minimum Gasteiger partial charge on any atom is -0.356 e. The summed E-state index contributed by atoms with van der Waals surface area (Å²) < 4.78 is 25.9. The molecule has 0 aliphatic carbocycles. The Balaban J connectivity index is 2.34. The summed E-state index contributed by atoms with van der Waals surface area (Å²) in [6, 6.07) is 0. The van der Waals surface area contributed by atoms with Gasteiger partial charge in [0.15, 0.2) is 5.96 Å². The maximum atomic E-state index is 12.1. The van der Waals surface area contributed by atoms with Crippen molar-refractivity contribution in [2.75, 3.05) is 50.5 Å². The van der Waals surface area contributed by atoms with Crippen LogP contribution in [0.4, 0.5) is 0 Å². The lowest BCUT2D eigenvalue weighted by Crippen LogP contribution is -2.44. The lowest BCUT2D eigenvalue weighted by molar-refractivity contribution is 0.443. The van der Waals surface area contributed by atoms with E-state index in [1.165, 1.54) is 0 Å². The molecule has 118 valence electrons. The lowest BCUT2D eigenvalue weighted by Gasteiger charge is -2.25. The van der Waals surface area contributed by atoms with Gasteiger partial charge in [0.2, 0.25) is 10.0 Å². The first-order valence-electron chi connectivity index (χ1n) is 6.96. The predicted molar refractivity (Wildman–Crippen MR) is 86.9 cm³/mol. The van der Waals surface area contributed by atoms with Crippen LogP contribution in [-0.4, -0.2) is 69.2 Å². The van der Waals surface area contributed by atoms with Crippen LogP contribution >= 0.6 is 11.8 Å². The molecule has 1 aliphatic rings. The van der Waals surface area contributed by atoms with E-state index >= 15 is 0 Å². The van der Waals surface area contributed by atoms with E-state index in [0.29, 0.717) is 31.5 Å². The van der Waals surface area contributed by atoms with E-state index in [1.807, 2.05) is 0 Å². The van der Waals surface area contributed by atoms with Crippen LogP contribution in [0.3, 0.4) is 0 Å². The number of thioether (sulfide) groups is 1. The van der Waals surface area contributed by atoms with Crippen LogP contribution < -0.4 is 10.6 Å². The molecule has 0 aromatic rings. The molecule has 0 amide bonds. The van der Waals surface area contributed by atoms with Gasteiger partial charge in [0.25, 0.3) is 0 Å². The Morgan fingerprint density at radius 3 is 2.50 bits per heavy atom. The highest BCUT2D eigenvalue weighted by Gasteiger charge is 2.23. The van der Waals surface area contributed by atoms with Crippen LogP contribution in [-0.2, 0) is 10.0 Å². The standard InChI is InChI=1S/C12H26N4O2S2/c1-11(2)10-15-12(13-3)14-4-9-20(17,18)16-5-7-19-8-6-16/h11H,4-10H2,1-3H3,(H2,13,14,15). The number of guanidine groups is 1. The van der Waals surface area contributed by atoms with Crippen LogP contribution in [0, 0.1) is 5.92 Å². The Hall–Kier alpha value is -0.470. The first-order chi connectivity index (χ1) is 9.45. The van der Waals surface area contributed by atoms with Gasteiger partial charge in [0.1, 0.15) is 0 Å². The minimum atomic E-state index is -3.14. The Bertz CT molecular complexity index is 404. The second kappa shape index (κ2) is 8.74. The van der Waals surface area contributed by atoms with Crippen LogP contribution in [0.25, 0.3) is 0 Å². The first-order valence-corrected chi connectivity index (χ1v) is 9.72. The molecule has 2 N–H and O–H groups in total. The number of hydrogen-bond acceptors (Lipinski definition) is 4. The highest BCUT2D eigenvalue weighted by atomic mass is 32.2. The first kappa shape index (κ1) is 17.6. The maximum Gasteiger partial charge on any atom is 0.215 e. The van der Waals surface area contributed by atoms with Gasteiger partial charge in [-0.3, -0.25) is 4.99 Å². The maximum absolute atomic E-state index is 12.1. The van der Waals surface area contributed by atoms with Crippen molar-refractivity contribution in [1.29, 1.82) is 0 Å². The van der Waals surface area contributed by atoms with Gasteiger partial charge in [-0.1, -0.05) is 13.8 Å². The molecule has 20 heavy (non-hydrogen) atoms. The molecule has 1 aliphatic heterocycles. The number of nitrogens with zero attached hydrogens (tertiary/aromatic N) is 2. The normalized spacial score (nSPS) is 18.3.